The minimum Gasteiger partial charge on any atom is -0.489 e. The molecule has 0 spiro atoms. The predicted octanol–water partition coefficient (Wildman–Crippen LogP) is 6.58. The summed E-state index contributed by atoms with van der Waals surface area (Å²) in [5.41, 5.74) is 6.75. The third-order valence-electron chi connectivity index (χ3n) is 6.00. The smallest absolute Gasteiger partial charge is 0.266 e. The highest BCUT2D eigenvalue weighted by Gasteiger charge is 2.16. The molecule has 0 aliphatic heterocycles. The van der Waals surface area contributed by atoms with E-state index >= 15 is 0 Å². The van der Waals surface area contributed by atoms with Crippen LogP contribution >= 0.6 is 0 Å². The van der Waals surface area contributed by atoms with Gasteiger partial charge in [0.25, 0.3) is 5.91 Å². The summed E-state index contributed by atoms with van der Waals surface area (Å²) < 4.78 is 7.46. The van der Waals surface area contributed by atoms with Crippen molar-refractivity contribution in [3.63, 3.8) is 0 Å². The average molecular weight is 489 g/mol. The summed E-state index contributed by atoms with van der Waals surface area (Å²) in [5.74, 6) is 0.280. The van der Waals surface area contributed by atoms with E-state index in [0.29, 0.717) is 23.6 Å². The lowest BCUT2D eigenvalue weighted by Crippen LogP contribution is -2.13. The van der Waals surface area contributed by atoms with Crippen molar-refractivity contribution in [2.24, 2.45) is 0 Å². The molecule has 184 valence electrons. The normalized spacial score (nSPS) is 11.0. The van der Waals surface area contributed by atoms with Crippen molar-refractivity contribution < 1.29 is 9.53 Å². The van der Waals surface area contributed by atoms with Gasteiger partial charge in [-0.15, -0.1) is 0 Å². The molecule has 0 unspecified atom stereocenters. The Hall–Kier alpha value is -4.89. The minimum absolute atomic E-state index is 0.0188. The number of carbonyl (C=O) groups is 1. The lowest BCUT2D eigenvalue weighted by atomic mass is 10.0. The van der Waals surface area contributed by atoms with Crippen molar-refractivity contribution in [2.75, 3.05) is 11.9 Å². The van der Waals surface area contributed by atoms with Gasteiger partial charge in [0.1, 0.15) is 29.7 Å². The maximum absolute atomic E-state index is 13.0. The van der Waals surface area contributed by atoms with Crippen LogP contribution in [0.5, 0.6) is 5.75 Å². The zero-order chi connectivity index (χ0) is 26.4. The molecule has 0 radical (unpaired) electrons. The zero-order valence-corrected chi connectivity index (χ0v) is 21.2. The fraction of sp³-hybridized carbons (Fsp3) is 0.129. The van der Waals surface area contributed by atoms with Gasteiger partial charge >= 0.3 is 0 Å². The molecule has 6 nitrogen and oxygen atoms in total. The van der Waals surface area contributed by atoms with Crippen LogP contribution in [0.1, 0.15) is 22.3 Å². The van der Waals surface area contributed by atoms with Gasteiger partial charge < -0.3 is 10.1 Å². The Morgan fingerprint density at radius 1 is 1.05 bits per heavy atom. The number of hydrogen-bond donors (Lipinski definition) is 1. The van der Waals surface area contributed by atoms with E-state index in [1.807, 2.05) is 93.7 Å². The van der Waals surface area contributed by atoms with Gasteiger partial charge in [-0.3, -0.25) is 4.79 Å². The Morgan fingerprint density at radius 2 is 1.84 bits per heavy atom. The number of amides is 1. The highest BCUT2D eigenvalue weighted by atomic mass is 16.5. The number of aromatic nitrogens is 2. The molecule has 0 saturated carbocycles. The number of aryl methyl sites for hydroxylation is 3. The molecule has 0 atom stereocenters. The van der Waals surface area contributed by atoms with Crippen LogP contribution in [0.15, 0.2) is 91.2 Å². The van der Waals surface area contributed by atoms with E-state index in [0.717, 1.165) is 33.7 Å². The van der Waals surface area contributed by atoms with Gasteiger partial charge in [0.15, 0.2) is 0 Å². The summed E-state index contributed by atoms with van der Waals surface area (Å²) in [7, 11) is 0. The molecule has 4 aromatic rings. The Bertz CT molecular complexity index is 1520. The Balaban J connectivity index is 1.75. The van der Waals surface area contributed by atoms with Crippen molar-refractivity contribution in [1.29, 1.82) is 5.26 Å². The Labute approximate surface area is 217 Å². The summed E-state index contributed by atoms with van der Waals surface area (Å²) in [6, 6.07) is 23.2. The molecule has 1 aromatic heterocycles. The molecule has 0 fully saturated rings. The molecule has 0 aliphatic rings. The van der Waals surface area contributed by atoms with Crippen LogP contribution in [-0.4, -0.2) is 22.3 Å². The fourth-order valence-corrected chi connectivity index (χ4v) is 3.86. The van der Waals surface area contributed by atoms with Crippen molar-refractivity contribution in [2.45, 2.75) is 20.8 Å². The summed E-state index contributed by atoms with van der Waals surface area (Å²) in [5, 5.41) is 17.5. The fourth-order valence-electron chi connectivity index (χ4n) is 3.86. The van der Waals surface area contributed by atoms with Crippen molar-refractivity contribution in [3.8, 4) is 28.8 Å². The molecule has 3 aromatic carbocycles. The van der Waals surface area contributed by atoms with Gasteiger partial charge in [0.05, 0.1) is 5.69 Å². The Morgan fingerprint density at radius 3 is 2.51 bits per heavy atom. The first kappa shape index (κ1) is 25.2. The van der Waals surface area contributed by atoms with Gasteiger partial charge in [0.2, 0.25) is 0 Å². The number of benzene rings is 3. The second-order valence-electron chi connectivity index (χ2n) is 8.72. The van der Waals surface area contributed by atoms with Crippen molar-refractivity contribution in [1.82, 2.24) is 9.78 Å². The Kier molecular flexibility index (Phi) is 7.65. The molecule has 4 rings (SSSR count). The van der Waals surface area contributed by atoms with Crippen LogP contribution in [0.3, 0.4) is 0 Å². The summed E-state index contributed by atoms with van der Waals surface area (Å²) in [6.45, 7) is 10.1. The molecule has 0 saturated heterocycles. The third kappa shape index (κ3) is 5.85. The highest BCUT2D eigenvalue weighted by Crippen LogP contribution is 2.30. The molecule has 6 heteroatoms. The second kappa shape index (κ2) is 11.2. The third-order valence-corrected chi connectivity index (χ3v) is 6.00. The number of para-hydroxylation sites is 1. The average Bonchev–Trinajstić information content (AvgIpc) is 3.33. The lowest BCUT2D eigenvalue weighted by Gasteiger charge is -2.09. The number of anilines is 1. The van der Waals surface area contributed by atoms with Crippen LogP contribution < -0.4 is 10.1 Å². The monoisotopic (exact) mass is 488 g/mol. The largest absolute Gasteiger partial charge is 0.489 e. The van der Waals surface area contributed by atoms with E-state index in [-0.39, 0.29) is 5.57 Å². The molecule has 0 bridgehead atoms. The molecule has 1 amide bonds. The number of nitrogens with zero attached hydrogens (tertiary/aromatic N) is 3. The van der Waals surface area contributed by atoms with Gasteiger partial charge in [-0.2, -0.15) is 10.4 Å². The van der Waals surface area contributed by atoms with Gasteiger partial charge in [-0.25, -0.2) is 4.68 Å². The lowest BCUT2D eigenvalue weighted by molar-refractivity contribution is -0.112. The van der Waals surface area contributed by atoms with E-state index in [2.05, 4.69) is 18.0 Å². The van der Waals surface area contributed by atoms with Gasteiger partial charge in [-0.05, 0) is 86.0 Å². The number of hydrogen-bond acceptors (Lipinski definition) is 4. The van der Waals surface area contributed by atoms with Crippen molar-refractivity contribution >= 4 is 17.7 Å². The maximum atomic E-state index is 13.0. The maximum Gasteiger partial charge on any atom is 0.266 e. The number of carbonyl (C=O) groups excluding carboxylic acids is 1. The number of rotatable bonds is 8. The quantitative estimate of drug-likeness (QED) is 0.173. The molecule has 1 N–H and O–H groups in total. The SMILES string of the molecule is C=CCOc1ccc(-c2nn(-c3ccccc3)cc2/C=C(/C#N)C(=O)Nc2ccc(C)c(C)c2)cc1C. The van der Waals surface area contributed by atoms with E-state index in [9.17, 15) is 10.1 Å². The summed E-state index contributed by atoms with van der Waals surface area (Å²) in [4.78, 5) is 13.0. The summed E-state index contributed by atoms with van der Waals surface area (Å²) in [6.07, 6.45) is 5.10. The predicted molar refractivity (Wildman–Crippen MR) is 148 cm³/mol. The topological polar surface area (TPSA) is 79.9 Å². The first-order valence-electron chi connectivity index (χ1n) is 11.9. The molecule has 0 aliphatic carbocycles. The van der Waals surface area contributed by atoms with Gasteiger partial charge in [-0.1, -0.05) is 36.9 Å². The van der Waals surface area contributed by atoms with Crippen LogP contribution in [0.4, 0.5) is 5.69 Å². The standard InChI is InChI=1S/C31H28N4O2/c1-5-15-37-29-14-12-24(16-23(29)4)30-26(20-35(34-30)28-9-7-6-8-10-28)18-25(19-32)31(36)33-27-13-11-21(2)22(3)17-27/h5-14,16-18,20H,1,15H2,2-4H3,(H,33,36)/b25-18-. The van der Waals surface area contributed by atoms with Crippen LogP contribution in [0, 0.1) is 32.1 Å². The molecule has 1 heterocycles. The summed E-state index contributed by atoms with van der Waals surface area (Å²) >= 11 is 0. The molecular weight excluding hydrogens is 460 g/mol. The molecule has 37 heavy (non-hydrogen) atoms. The van der Waals surface area contributed by atoms with Crippen LogP contribution in [0.25, 0.3) is 23.0 Å². The van der Waals surface area contributed by atoms with Crippen LogP contribution in [0.2, 0.25) is 0 Å². The van der Waals surface area contributed by atoms with Crippen LogP contribution in [-0.2, 0) is 4.79 Å². The number of ether oxygens (including phenoxy) is 1. The minimum atomic E-state index is -0.478. The number of nitriles is 1. The van der Waals surface area contributed by atoms with Crippen molar-refractivity contribution in [3.05, 3.63) is 113 Å². The zero-order valence-electron chi connectivity index (χ0n) is 21.2. The number of nitrogens with one attached hydrogen (secondary N) is 1. The van der Waals surface area contributed by atoms with E-state index in [1.165, 1.54) is 0 Å². The van der Waals surface area contributed by atoms with E-state index < -0.39 is 5.91 Å². The van der Waals surface area contributed by atoms with Gasteiger partial charge in [0, 0.05) is 23.0 Å². The first-order chi connectivity index (χ1) is 17.9. The molecular formula is C31H28N4O2. The van der Waals surface area contributed by atoms with E-state index in [1.54, 1.807) is 16.8 Å². The van der Waals surface area contributed by atoms with E-state index in [4.69, 9.17) is 9.84 Å². The first-order valence-corrected chi connectivity index (χ1v) is 11.9. The second-order valence-corrected chi connectivity index (χ2v) is 8.72. The highest BCUT2D eigenvalue weighted by molar-refractivity contribution is 6.10.